The second-order valence-corrected chi connectivity index (χ2v) is 10.3. The Hall–Kier alpha value is 0.177. The lowest BCUT2D eigenvalue weighted by Gasteiger charge is -2.41. The van der Waals surface area contributed by atoms with Crippen LogP contribution in [0.3, 0.4) is 0 Å². The van der Waals surface area contributed by atoms with Crippen LogP contribution in [-0.2, 0) is 0 Å². The molecule has 1 aliphatic rings. The van der Waals surface area contributed by atoms with Gasteiger partial charge in [-0.15, -0.1) is 0 Å². The van der Waals surface area contributed by atoms with E-state index in [9.17, 15) is 5.11 Å². The first-order valence-electron chi connectivity index (χ1n) is 4.68. The van der Waals surface area contributed by atoms with Crippen molar-refractivity contribution in [2.45, 2.75) is 57.0 Å². The van der Waals surface area contributed by atoms with Crippen molar-refractivity contribution < 1.29 is 5.11 Å². The molecule has 0 aromatic heterocycles. The number of hydrogen-bond acceptors (Lipinski definition) is 1. The molecule has 1 nitrogen and oxygen atoms in total. The smallest absolute Gasteiger partial charge is 0.0820 e. The molecule has 0 saturated heterocycles. The predicted octanol–water partition coefficient (Wildman–Crippen LogP) is 2.56. The van der Waals surface area contributed by atoms with E-state index in [2.05, 4.69) is 19.6 Å². The summed E-state index contributed by atoms with van der Waals surface area (Å²) in [4.78, 5) is 0. The Labute approximate surface area is 70.8 Å². The van der Waals surface area contributed by atoms with Crippen LogP contribution in [0.1, 0.15) is 32.1 Å². The summed E-state index contributed by atoms with van der Waals surface area (Å²) < 4.78 is 0. The molecule has 0 atom stereocenters. The molecular weight excluding hydrogens is 152 g/mol. The van der Waals surface area contributed by atoms with Gasteiger partial charge in [-0.2, -0.15) is 0 Å². The highest BCUT2D eigenvalue weighted by Gasteiger charge is 2.41. The predicted molar refractivity (Wildman–Crippen MR) is 51.4 cm³/mol. The van der Waals surface area contributed by atoms with Crippen LogP contribution in [0, 0.1) is 0 Å². The highest BCUT2D eigenvalue weighted by molar-refractivity contribution is 6.78. The summed E-state index contributed by atoms with van der Waals surface area (Å²) >= 11 is 0. The zero-order chi connectivity index (χ0) is 8.54. The van der Waals surface area contributed by atoms with Crippen LogP contribution in [0.15, 0.2) is 0 Å². The molecule has 0 amide bonds. The van der Waals surface area contributed by atoms with Crippen LogP contribution in [-0.4, -0.2) is 18.4 Å². The van der Waals surface area contributed by atoms with Gasteiger partial charge >= 0.3 is 0 Å². The second-order valence-electron chi connectivity index (χ2n) is 4.84. The van der Waals surface area contributed by atoms with E-state index in [1.165, 1.54) is 19.3 Å². The molecule has 1 rings (SSSR count). The van der Waals surface area contributed by atoms with Gasteiger partial charge in [0.1, 0.15) is 0 Å². The monoisotopic (exact) mass is 172 g/mol. The lowest BCUT2D eigenvalue weighted by Crippen LogP contribution is -2.53. The largest absolute Gasteiger partial charge is 0.393 e. The SMILES string of the molecule is C[Si](C)(C)C1(O)CCCCC1. The molecule has 0 aromatic carbocycles. The third-order valence-electron chi connectivity index (χ3n) is 3.08. The van der Waals surface area contributed by atoms with Gasteiger partial charge in [0.25, 0.3) is 0 Å². The number of hydrogen-bond donors (Lipinski definition) is 1. The Morgan fingerprint density at radius 2 is 1.45 bits per heavy atom. The minimum Gasteiger partial charge on any atom is -0.393 e. The van der Waals surface area contributed by atoms with E-state index in [0.717, 1.165) is 12.8 Å². The number of aliphatic hydroxyl groups is 1. The van der Waals surface area contributed by atoms with Crippen molar-refractivity contribution in [3.05, 3.63) is 0 Å². The van der Waals surface area contributed by atoms with Crippen molar-refractivity contribution in [1.82, 2.24) is 0 Å². The minimum atomic E-state index is -1.33. The maximum atomic E-state index is 10.3. The molecule has 2 heteroatoms. The van der Waals surface area contributed by atoms with Crippen LogP contribution in [0.25, 0.3) is 0 Å². The normalized spacial score (nSPS) is 25.1. The van der Waals surface area contributed by atoms with Crippen LogP contribution in [0.5, 0.6) is 0 Å². The van der Waals surface area contributed by atoms with Crippen LogP contribution in [0.4, 0.5) is 0 Å². The molecule has 1 saturated carbocycles. The maximum absolute atomic E-state index is 10.3. The zero-order valence-electron chi connectivity index (χ0n) is 7.98. The van der Waals surface area contributed by atoms with Gasteiger partial charge in [0.2, 0.25) is 0 Å². The van der Waals surface area contributed by atoms with Gasteiger partial charge < -0.3 is 5.11 Å². The molecule has 0 aromatic rings. The van der Waals surface area contributed by atoms with Crippen molar-refractivity contribution in [2.75, 3.05) is 0 Å². The minimum absolute atomic E-state index is 0.245. The van der Waals surface area contributed by atoms with E-state index >= 15 is 0 Å². The van der Waals surface area contributed by atoms with Crippen molar-refractivity contribution in [1.29, 1.82) is 0 Å². The molecule has 0 bridgehead atoms. The standard InChI is InChI=1S/C9H20OSi/c1-11(2,3)9(10)7-5-4-6-8-9/h10H,4-8H2,1-3H3. The third kappa shape index (κ3) is 1.85. The number of rotatable bonds is 1. The highest BCUT2D eigenvalue weighted by atomic mass is 28.3. The summed E-state index contributed by atoms with van der Waals surface area (Å²) in [6.45, 7) is 6.83. The fraction of sp³-hybridized carbons (Fsp3) is 1.00. The quantitative estimate of drug-likeness (QED) is 0.603. The van der Waals surface area contributed by atoms with E-state index in [4.69, 9.17) is 0 Å². The molecule has 0 unspecified atom stereocenters. The Kier molecular flexibility index (Phi) is 2.45. The molecule has 0 radical (unpaired) electrons. The first kappa shape index (κ1) is 9.27. The zero-order valence-corrected chi connectivity index (χ0v) is 8.98. The van der Waals surface area contributed by atoms with E-state index in [0.29, 0.717) is 0 Å². The third-order valence-corrected chi connectivity index (χ3v) is 6.37. The molecule has 11 heavy (non-hydrogen) atoms. The molecular formula is C9H20OSi. The van der Waals surface area contributed by atoms with E-state index < -0.39 is 8.07 Å². The summed E-state index contributed by atoms with van der Waals surface area (Å²) in [6.07, 6.45) is 5.92. The van der Waals surface area contributed by atoms with Gasteiger partial charge in [0.15, 0.2) is 0 Å². The highest BCUT2D eigenvalue weighted by Crippen LogP contribution is 2.35. The first-order chi connectivity index (χ1) is 4.96. The molecule has 1 fully saturated rings. The van der Waals surface area contributed by atoms with Crippen LogP contribution >= 0.6 is 0 Å². The van der Waals surface area contributed by atoms with Gasteiger partial charge in [-0.25, -0.2) is 0 Å². The van der Waals surface area contributed by atoms with Crippen molar-refractivity contribution in [3.8, 4) is 0 Å². The average Bonchev–Trinajstić information content (AvgIpc) is 1.87. The average molecular weight is 172 g/mol. The van der Waals surface area contributed by atoms with E-state index in [1.807, 2.05) is 0 Å². The fourth-order valence-electron chi connectivity index (χ4n) is 1.89. The van der Waals surface area contributed by atoms with E-state index in [-0.39, 0.29) is 5.22 Å². The van der Waals surface area contributed by atoms with Gasteiger partial charge in [0.05, 0.1) is 13.3 Å². The van der Waals surface area contributed by atoms with Crippen molar-refractivity contribution in [2.24, 2.45) is 0 Å². The molecule has 0 heterocycles. The maximum Gasteiger partial charge on any atom is 0.0820 e. The Morgan fingerprint density at radius 1 is 1.00 bits per heavy atom. The molecule has 0 aliphatic heterocycles. The summed E-state index contributed by atoms with van der Waals surface area (Å²) in [7, 11) is -1.33. The molecule has 1 aliphatic carbocycles. The van der Waals surface area contributed by atoms with Gasteiger partial charge in [0, 0.05) is 0 Å². The van der Waals surface area contributed by atoms with Gasteiger partial charge in [-0.05, 0) is 12.8 Å². The lowest BCUT2D eigenvalue weighted by molar-refractivity contribution is 0.0738. The van der Waals surface area contributed by atoms with Gasteiger partial charge in [-0.1, -0.05) is 38.9 Å². The van der Waals surface area contributed by atoms with Crippen molar-refractivity contribution >= 4 is 8.07 Å². The Morgan fingerprint density at radius 3 is 1.73 bits per heavy atom. The van der Waals surface area contributed by atoms with Crippen LogP contribution in [0.2, 0.25) is 19.6 Å². The fourth-order valence-corrected chi connectivity index (χ4v) is 3.74. The van der Waals surface area contributed by atoms with Gasteiger partial charge in [-0.3, -0.25) is 0 Å². The summed E-state index contributed by atoms with van der Waals surface area (Å²) in [5.41, 5.74) is 0. The summed E-state index contributed by atoms with van der Waals surface area (Å²) in [5.74, 6) is 0. The molecule has 1 N–H and O–H groups in total. The Balaban J connectivity index is 2.64. The Bertz CT molecular complexity index is 131. The molecule has 0 spiro atoms. The summed E-state index contributed by atoms with van der Waals surface area (Å²) in [6, 6.07) is 0. The lowest BCUT2D eigenvalue weighted by atomic mass is 9.97. The second kappa shape index (κ2) is 2.90. The van der Waals surface area contributed by atoms with Crippen molar-refractivity contribution in [3.63, 3.8) is 0 Å². The van der Waals surface area contributed by atoms with Crippen LogP contribution < -0.4 is 0 Å². The van der Waals surface area contributed by atoms with E-state index in [1.54, 1.807) is 0 Å². The summed E-state index contributed by atoms with van der Waals surface area (Å²) in [5, 5.41) is 10.0. The topological polar surface area (TPSA) is 20.2 Å². The molecule has 66 valence electrons. The first-order valence-corrected chi connectivity index (χ1v) is 8.18.